The van der Waals surface area contributed by atoms with Gasteiger partial charge >= 0.3 is 6.09 Å². The number of carbonyl (C=O) groups excluding carboxylic acids is 2. The molecule has 1 fully saturated rings. The number of nitrogens with one attached hydrogen (secondary N) is 1. The van der Waals surface area contributed by atoms with E-state index in [1.807, 2.05) is 0 Å². The van der Waals surface area contributed by atoms with Crippen LogP contribution in [0.4, 0.5) is 10.5 Å². The van der Waals surface area contributed by atoms with E-state index in [1.54, 1.807) is 17.0 Å². The molecule has 0 bridgehead atoms. The molecule has 9 heteroatoms. The third kappa shape index (κ3) is 5.58. The summed E-state index contributed by atoms with van der Waals surface area (Å²) in [4.78, 5) is 27.3. The van der Waals surface area contributed by atoms with Crippen molar-refractivity contribution in [3.05, 3.63) is 30.4 Å². The number of benzene rings is 1. The van der Waals surface area contributed by atoms with Crippen LogP contribution in [0.15, 0.2) is 24.8 Å². The standard InChI is InChI=1S/C25H40N2O6Si/c1-9-12-32-25(30)26-21-14-23(33-34(16(2)3,17(4)5)18(6)7)22(31-8)13-20(21)24(29)27-11-10-19(27)15-28/h9,13-14,16-19,28H,1,10-12,15H2,2-8H3,(H,26,30)/t19-/m0/s1. The first kappa shape index (κ1) is 27.7. The average Bonchev–Trinajstić information content (AvgIpc) is 2.74. The van der Waals surface area contributed by atoms with Crippen molar-refractivity contribution in [3.63, 3.8) is 0 Å². The minimum atomic E-state index is -2.34. The number of carbonyl (C=O) groups is 2. The molecule has 0 radical (unpaired) electrons. The highest BCUT2D eigenvalue weighted by molar-refractivity contribution is 6.78. The smallest absolute Gasteiger partial charge is 0.411 e. The Hall–Kier alpha value is -2.52. The number of nitrogens with zero attached hydrogens (tertiary/aromatic N) is 1. The van der Waals surface area contributed by atoms with Crippen molar-refractivity contribution >= 4 is 26.0 Å². The number of anilines is 1. The van der Waals surface area contributed by atoms with Gasteiger partial charge in [-0.3, -0.25) is 10.1 Å². The zero-order valence-corrected chi connectivity index (χ0v) is 22.5. The van der Waals surface area contributed by atoms with Gasteiger partial charge in [0, 0.05) is 12.6 Å². The largest absolute Gasteiger partial charge is 0.540 e. The van der Waals surface area contributed by atoms with Crippen LogP contribution >= 0.6 is 0 Å². The second-order valence-corrected chi connectivity index (χ2v) is 15.0. The quantitative estimate of drug-likeness (QED) is 0.326. The molecule has 0 saturated carbocycles. The SMILES string of the molecule is C=CCOC(=O)Nc1cc(O[Si](C(C)C)(C(C)C)C(C)C)c(OC)cc1C(=O)N1CC[C@H]1CO. The number of hydrogen-bond acceptors (Lipinski definition) is 6. The van der Waals surface area contributed by atoms with Crippen LogP contribution in [0.5, 0.6) is 11.5 Å². The first-order valence-electron chi connectivity index (χ1n) is 11.9. The molecule has 2 rings (SSSR count). The number of rotatable bonds is 11. The van der Waals surface area contributed by atoms with Gasteiger partial charge in [-0.05, 0) is 29.1 Å². The van der Waals surface area contributed by atoms with Gasteiger partial charge in [-0.1, -0.05) is 54.2 Å². The van der Waals surface area contributed by atoms with E-state index in [1.165, 1.54) is 13.2 Å². The normalized spacial score (nSPS) is 15.9. The fraction of sp³-hybridized carbons (Fsp3) is 0.600. The summed E-state index contributed by atoms with van der Waals surface area (Å²) < 4.78 is 17.6. The molecule has 1 aliphatic rings. The van der Waals surface area contributed by atoms with E-state index in [9.17, 15) is 14.7 Å². The molecular weight excluding hydrogens is 452 g/mol. The van der Waals surface area contributed by atoms with Gasteiger partial charge in [0.25, 0.3) is 14.2 Å². The molecule has 190 valence electrons. The zero-order valence-electron chi connectivity index (χ0n) is 21.5. The number of ether oxygens (including phenoxy) is 2. The predicted octanol–water partition coefficient (Wildman–Crippen LogP) is 5.19. The molecule has 0 aliphatic carbocycles. The second kappa shape index (κ2) is 11.7. The zero-order chi connectivity index (χ0) is 25.6. The van der Waals surface area contributed by atoms with Crippen LogP contribution in [-0.4, -0.2) is 63.2 Å². The first-order valence-corrected chi connectivity index (χ1v) is 14.0. The molecular formula is C25H40N2O6Si. The van der Waals surface area contributed by atoms with E-state index < -0.39 is 14.4 Å². The number of aliphatic hydroxyl groups excluding tert-OH is 1. The first-order chi connectivity index (χ1) is 16.0. The van der Waals surface area contributed by atoms with Crippen LogP contribution in [0, 0.1) is 0 Å². The molecule has 2 amide bonds. The van der Waals surface area contributed by atoms with Crippen molar-refractivity contribution in [3.8, 4) is 11.5 Å². The Morgan fingerprint density at radius 3 is 2.24 bits per heavy atom. The maximum Gasteiger partial charge on any atom is 0.411 e. The van der Waals surface area contributed by atoms with Gasteiger partial charge in [-0.2, -0.15) is 0 Å². The lowest BCUT2D eigenvalue weighted by Gasteiger charge is -2.42. The lowest BCUT2D eigenvalue weighted by molar-refractivity contribution is 0.0296. The third-order valence-corrected chi connectivity index (χ3v) is 12.7. The van der Waals surface area contributed by atoms with E-state index in [2.05, 4.69) is 53.4 Å². The summed E-state index contributed by atoms with van der Waals surface area (Å²) >= 11 is 0. The minimum absolute atomic E-state index is 0.0391. The lowest BCUT2D eigenvalue weighted by Crippen LogP contribution is -2.53. The Morgan fingerprint density at radius 2 is 1.79 bits per heavy atom. The molecule has 0 unspecified atom stereocenters. The fourth-order valence-corrected chi connectivity index (χ4v) is 10.2. The van der Waals surface area contributed by atoms with E-state index in [4.69, 9.17) is 13.9 Å². The molecule has 0 aromatic heterocycles. The molecule has 34 heavy (non-hydrogen) atoms. The highest BCUT2D eigenvalue weighted by Crippen LogP contribution is 2.46. The van der Waals surface area contributed by atoms with Gasteiger partial charge in [0.2, 0.25) is 0 Å². The molecule has 1 aromatic rings. The third-order valence-electron chi connectivity index (χ3n) is 6.71. The van der Waals surface area contributed by atoms with Gasteiger partial charge in [0.15, 0.2) is 5.75 Å². The number of likely N-dealkylation sites (tertiary alicyclic amines) is 1. The Labute approximate surface area is 204 Å². The number of aliphatic hydroxyl groups is 1. The van der Waals surface area contributed by atoms with Gasteiger partial charge in [-0.25, -0.2) is 4.79 Å². The molecule has 0 spiro atoms. The van der Waals surface area contributed by atoms with Gasteiger partial charge in [-0.15, -0.1) is 0 Å². The van der Waals surface area contributed by atoms with E-state index >= 15 is 0 Å². The van der Waals surface area contributed by atoms with Crippen LogP contribution in [-0.2, 0) is 4.74 Å². The van der Waals surface area contributed by atoms with E-state index in [0.717, 1.165) is 6.42 Å². The minimum Gasteiger partial charge on any atom is -0.540 e. The molecule has 1 heterocycles. The van der Waals surface area contributed by atoms with E-state index in [0.29, 0.717) is 34.7 Å². The monoisotopic (exact) mass is 492 g/mol. The number of amides is 2. The lowest BCUT2D eigenvalue weighted by atomic mass is 10.0. The van der Waals surface area contributed by atoms with Crippen molar-refractivity contribution in [1.29, 1.82) is 0 Å². The summed E-state index contributed by atoms with van der Waals surface area (Å²) in [5, 5.41) is 12.2. The Kier molecular flexibility index (Phi) is 9.58. The van der Waals surface area contributed by atoms with Crippen molar-refractivity contribution in [2.45, 2.75) is 70.6 Å². The highest BCUT2D eigenvalue weighted by Gasteiger charge is 2.47. The van der Waals surface area contributed by atoms with Gasteiger partial charge in [0.05, 0.1) is 31.0 Å². The van der Waals surface area contributed by atoms with Gasteiger partial charge < -0.3 is 23.9 Å². The number of hydrogen-bond donors (Lipinski definition) is 2. The van der Waals surface area contributed by atoms with Crippen molar-refractivity contribution in [1.82, 2.24) is 4.90 Å². The molecule has 1 saturated heterocycles. The van der Waals surface area contributed by atoms with Crippen molar-refractivity contribution in [2.24, 2.45) is 0 Å². The fourth-order valence-electron chi connectivity index (χ4n) is 4.96. The van der Waals surface area contributed by atoms with Crippen molar-refractivity contribution in [2.75, 3.05) is 32.2 Å². The maximum absolute atomic E-state index is 13.3. The number of methoxy groups -OCH3 is 1. The molecule has 1 aromatic carbocycles. The summed E-state index contributed by atoms with van der Waals surface area (Å²) in [5.74, 6) is 0.616. The van der Waals surface area contributed by atoms with Crippen LogP contribution in [0.25, 0.3) is 0 Å². The summed E-state index contributed by atoms with van der Waals surface area (Å²) in [6.07, 6.45) is 1.50. The van der Waals surface area contributed by atoms with Crippen LogP contribution in [0.2, 0.25) is 16.6 Å². The van der Waals surface area contributed by atoms with Crippen LogP contribution < -0.4 is 14.5 Å². The molecule has 8 nitrogen and oxygen atoms in total. The highest BCUT2D eigenvalue weighted by atomic mass is 28.4. The van der Waals surface area contributed by atoms with Crippen LogP contribution in [0.1, 0.15) is 58.3 Å². The summed E-state index contributed by atoms with van der Waals surface area (Å²) in [7, 11) is -0.811. The second-order valence-electron chi connectivity index (χ2n) is 9.60. The average molecular weight is 493 g/mol. The van der Waals surface area contributed by atoms with Gasteiger partial charge in [0.1, 0.15) is 12.4 Å². The Bertz CT molecular complexity index is 863. The summed E-state index contributed by atoms with van der Waals surface area (Å²) in [6.45, 7) is 17.1. The Morgan fingerprint density at radius 1 is 1.18 bits per heavy atom. The summed E-state index contributed by atoms with van der Waals surface area (Å²) in [6, 6.07) is 3.02. The molecule has 1 atom stereocenters. The molecule has 1 aliphatic heterocycles. The topological polar surface area (TPSA) is 97.3 Å². The van der Waals surface area contributed by atoms with Crippen molar-refractivity contribution < 1.29 is 28.6 Å². The van der Waals surface area contributed by atoms with Crippen LogP contribution in [0.3, 0.4) is 0 Å². The molecule has 2 N–H and O–H groups in total. The predicted molar refractivity (Wildman–Crippen MR) is 136 cm³/mol. The summed E-state index contributed by atoms with van der Waals surface area (Å²) in [5.41, 5.74) is 1.48. The maximum atomic E-state index is 13.3. The van der Waals surface area contributed by atoms with E-state index in [-0.39, 0.29) is 36.4 Å². The Balaban J connectivity index is 2.59.